The highest BCUT2D eigenvalue weighted by Crippen LogP contribution is 2.25. The molecule has 1 fully saturated rings. The number of fused-ring (bicyclic) bond motifs is 1. The summed E-state index contributed by atoms with van der Waals surface area (Å²) in [5, 5.41) is 63.4. The van der Waals surface area contributed by atoms with E-state index in [0.717, 1.165) is 56.8 Å². The van der Waals surface area contributed by atoms with Crippen LogP contribution in [0, 0.1) is 0 Å². The Morgan fingerprint density at radius 2 is 1.31 bits per heavy atom. The molecule has 0 aliphatic carbocycles. The minimum Gasteiger partial charge on any atom is -0.491 e. The Balaban J connectivity index is 0.000000660. The second-order valence-corrected chi connectivity index (χ2v) is 24.9. The fourth-order valence-corrected chi connectivity index (χ4v) is 11.7. The van der Waals surface area contributed by atoms with Gasteiger partial charge in [0.25, 0.3) is 0 Å². The second kappa shape index (κ2) is 39.2. The third-order valence-corrected chi connectivity index (χ3v) is 17.0. The number of H-pyrrole nitrogens is 1. The molecule has 0 bridgehead atoms. The van der Waals surface area contributed by atoms with Gasteiger partial charge in [-0.15, -0.1) is 0 Å². The topological polar surface area (TPSA) is 383 Å². The van der Waals surface area contributed by atoms with Crippen LogP contribution in [0.4, 0.5) is 0 Å². The van der Waals surface area contributed by atoms with Gasteiger partial charge in [0, 0.05) is 61.1 Å². The molecule has 5 aromatic rings. The fraction of sp³-hybridized carbons (Fsp3) is 0.484. The molecular formula is C64H91N11O13S2. The number of ether oxygens (including phenoxy) is 2. The SMILES string of the molecule is CC(O)[C@@H]1NC(=O)[C@H](CCCCN)NC(=O)[C@@H](Cc2c[nH]c3ccccc23)NC(=O)[C@H](Cc2ccccc2)NC(=O)[C@@H](NC(=O)[C@H](N)Cc2ccccc2)CSSC[C@@H](C(=O)N[C@H](CO)[C@@H](C)O)NC1=O.COCCc1ccc(OCC(O)CNC(C)C)cc1. The van der Waals surface area contributed by atoms with Crippen LogP contribution in [0.25, 0.3) is 10.9 Å². The number of aliphatic hydroxyl groups excluding tert-OH is 4. The molecule has 492 valence electrons. The first-order valence-corrected chi connectivity index (χ1v) is 32.7. The molecule has 0 spiro atoms. The van der Waals surface area contributed by atoms with Gasteiger partial charge in [-0.3, -0.25) is 33.6 Å². The predicted octanol–water partition coefficient (Wildman–Crippen LogP) is 0.808. The molecule has 0 radical (unpaired) electrons. The van der Waals surface area contributed by atoms with Crippen LogP contribution in [0.2, 0.25) is 0 Å². The summed E-state index contributed by atoms with van der Waals surface area (Å²) in [7, 11) is 3.76. The predicted molar refractivity (Wildman–Crippen MR) is 349 cm³/mol. The lowest BCUT2D eigenvalue weighted by atomic mass is 10.0. The minimum absolute atomic E-state index is 0.0340. The lowest BCUT2D eigenvalue weighted by Crippen LogP contribution is -2.62. The molecule has 2 unspecified atom stereocenters. The van der Waals surface area contributed by atoms with Gasteiger partial charge >= 0.3 is 0 Å². The number of para-hydroxylation sites is 1. The molecule has 4 aromatic carbocycles. The number of aromatic amines is 1. The summed E-state index contributed by atoms with van der Waals surface area (Å²) in [6.07, 6.45) is 0.254. The molecule has 90 heavy (non-hydrogen) atoms. The highest BCUT2D eigenvalue weighted by Gasteiger charge is 2.36. The molecule has 2 heterocycles. The van der Waals surface area contributed by atoms with E-state index >= 15 is 0 Å². The van der Waals surface area contributed by atoms with Crippen molar-refractivity contribution in [3.05, 3.63) is 138 Å². The number of aliphatic hydroxyl groups is 4. The maximum atomic E-state index is 14.7. The monoisotopic (exact) mass is 1290 g/mol. The molecule has 1 saturated heterocycles. The summed E-state index contributed by atoms with van der Waals surface area (Å²) in [6, 6.07) is 22.9. The maximum Gasteiger partial charge on any atom is 0.245 e. The Kier molecular flexibility index (Phi) is 32.1. The number of hydrogen-bond acceptors (Lipinski definition) is 18. The molecule has 6 rings (SSSR count). The Hall–Kier alpha value is -7.11. The molecule has 7 amide bonds. The Bertz CT molecular complexity index is 3000. The summed E-state index contributed by atoms with van der Waals surface area (Å²) in [5.74, 6) is -5.23. The first kappa shape index (κ1) is 73.6. The molecular weight excluding hydrogens is 1190 g/mol. The van der Waals surface area contributed by atoms with Crippen LogP contribution in [0.3, 0.4) is 0 Å². The van der Waals surface area contributed by atoms with Gasteiger partial charge in [-0.1, -0.05) is 126 Å². The first-order valence-electron chi connectivity index (χ1n) is 30.2. The van der Waals surface area contributed by atoms with Crippen LogP contribution in [0.5, 0.6) is 5.75 Å². The van der Waals surface area contributed by atoms with E-state index in [4.69, 9.17) is 20.9 Å². The van der Waals surface area contributed by atoms with Crippen molar-refractivity contribution in [2.45, 2.75) is 145 Å². The van der Waals surface area contributed by atoms with Crippen LogP contribution in [0.1, 0.15) is 69.2 Å². The molecule has 1 aromatic heterocycles. The number of nitrogens with one attached hydrogen (secondary N) is 9. The van der Waals surface area contributed by atoms with Gasteiger partial charge in [0.05, 0.1) is 37.5 Å². The third-order valence-electron chi connectivity index (χ3n) is 14.6. The zero-order chi connectivity index (χ0) is 65.5. The van der Waals surface area contributed by atoms with Gasteiger partial charge in [0.1, 0.15) is 54.7 Å². The Morgan fingerprint density at radius 1 is 0.700 bits per heavy atom. The van der Waals surface area contributed by atoms with Crippen molar-refractivity contribution < 1.29 is 63.5 Å². The van der Waals surface area contributed by atoms with Crippen molar-refractivity contribution in [3.8, 4) is 5.75 Å². The summed E-state index contributed by atoms with van der Waals surface area (Å²) < 4.78 is 10.6. The Morgan fingerprint density at radius 3 is 1.94 bits per heavy atom. The highest BCUT2D eigenvalue weighted by atomic mass is 33.1. The lowest BCUT2D eigenvalue weighted by molar-refractivity contribution is -0.136. The van der Waals surface area contributed by atoms with Crippen molar-refractivity contribution >= 4 is 73.8 Å². The van der Waals surface area contributed by atoms with Crippen molar-refractivity contribution in [3.63, 3.8) is 0 Å². The fourth-order valence-electron chi connectivity index (χ4n) is 9.32. The molecule has 1 aliphatic heterocycles. The standard InChI is InChI=1S/C49H66N10O10S2.C15H25NO3/c1-28(61)39(25-60)56-48(68)41-27-71-70-26-40(57-43(63)34(51)21-30-13-5-3-6-14-30)47(67)54-37(22-31-15-7-4-8-16-31)45(65)55-38(23-32-24-52-35-18-10-9-17-33(32)35)46(66)53-36(19-11-12-20-50)44(64)59-42(29(2)62)49(69)58-41;1-12(2)16-10-14(17)11-19-15-6-4-13(5-7-15)8-9-18-3/h3-10,13-18,24,28-29,34,36-42,52,60-62H,11-12,19-23,25-27,50-51H2,1-2H3,(H,53,66)(H,54,67)(H,55,65)(H,56,68)(H,57,63)(H,58,69)(H,59,64);4-7,12,14,16-17H,8-11H2,1-3H3/t28-,29?,34-,36+,37+,38-,39-,40+,41+,42+;/m1./s1. The number of hydrogen-bond donors (Lipinski definition) is 15. The highest BCUT2D eigenvalue weighted by molar-refractivity contribution is 8.76. The molecule has 0 saturated carbocycles. The van der Waals surface area contributed by atoms with Crippen molar-refractivity contribution in [2.75, 3.05) is 51.5 Å². The second-order valence-electron chi connectivity index (χ2n) is 22.4. The van der Waals surface area contributed by atoms with Crippen LogP contribution >= 0.6 is 21.6 Å². The molecule has 17 N–H and O–H groups in total. The average Bonchev–Trinajstić information content (AvgIpc) is 2.09. The van der Waals surface area contributed by atoms with E-state index in [1.807, 2.05) is 68.4 Å². The Labute approximate surface area is 534 Å². The number of unbranched alkanes of at least 4 members (excludes halogenated alkanes) is 1. The van der Waals surface area contributed by atoms with E-state index in [1.165, 1.54) is 19.4 Å². The quantitative estimate of drug-likeness (QED) is 0.0269. The number of carbonyl (C=O) groups is 7. The van der Waals surface area contributed by atoms with E-state index in [2.05, 4.69) is 47.5 Å². The van der Waals surface area contributed by atoms with Crippen LogP contribution < -0.4 is 58.7 Å². The maximum absolute atomic E-state index is 14.7. The van der Waals surface area contributed by atoms with Crippen molar-refractivity contribution in [1.82, 2.24) is 47.5 Å². The summed E-state index contributed by atoms with van der Waals surface area (Å²) >= 11 is 0. The average molecular weight is 1290 g/mol. The number of nitrogens with two attached hydrogens (primary N) is 2. The van der Waals surface area contributed by atoms with Gasteiger partial charge < -0.3 is 88.9 Å². The van der Waals surface area contributed by atoms with Crippen LogP contribution in [0.15, 0.2) is 115 Å². The molecule has 26 heteroatoms. The summed E-state index contributed by atoms with van der Waals surface area (Å²) in [4.78, 5) is 103. The third kappa shape index (κ3) is 25.3. The number of rotatable bonds is 26. The molecule has 1 aliphatic rings. The van der Waals surface area contributed by atoms with Crippen molar-refractivity contribution in [1.29, 1.82) is 0 Å². The van der Waals surface area contributed by atoms with Gasteiger partial charge in [-0.25, -0.2) is 0 Å². The van der Waals surface area contributed by atoms with E-state index in [0.29, 0.717) is 43.2 Å². The van der Waals surface area contributed by atoms with Gasteiger partial charge in [-0.05, 0) is 92.9 Å². The van der Waals surface area contributed by atoms with E-state index in [9.17, 15) is 54.0 Å². The zero-order valence-electron chi connectivity index (χ0n) is 51.7. The van der Waals surface area contributed by atoms with E-state index < -0.39 is 115 Å². The van der Waals surface area contributed by atoms with Crippen molar-refractivity contribution in [2.24, 2.45) is 11.5 Å². The minimum atomic E-state index is -1.66. The number of carbonyl (C=O) groups excluding carboxylic acids is 7. The molecule has 24 nitrogen and oxygen atoms in total. The van der Waals surface area contributed by atoms with Gasteiger partial charge in [0.15, 0.2) is 0 Å². The van der Waals surface area contributed by atoms with Gasteiger partial charge in [-0.2, -0.15) is 0 Å². The largest absolute Gasteiger partial charge is 0.491 e. The number of aromatic nitrogens is 1. The van der Waals surface area contributed by atoms with Crippen LogP contribution in [-0.4, -0.2) is 191 Å². The number of amides is 7. The summed E-state index contributed by atoms with van der Waals surface area (Å²) in [6.45, 7) is 7.89. The zero-order valence-corrected chi connectivity index (χ0v) is 53.4. The number of benzene rings is 4. The first-order chi connectivity index (χ1) is 43.2. The van der Waals surface area contributed by atoms with E-state index in [-0.39, 0.29) is 43.7 Å². The molecule has 11 atom stereocenters. The van der Waals surface area contributed by atoms with Gasteiger partial charge in [0.2, 0.25) is 41.4 Å². The lowest BCUT2D eigenvalue weighted by Gasteiger charge is -2.29. The van der Waals surface area contributed by atoms with E-state index in [1.54, 1.807) is 67.9 Å². The smallest absolute Gasteiger partial charge is 0.245 e. The normalized spacial score (nSPS) is 20.7. The van der Waals surface area contributed by atoms with Crippen LogP contribution in [-0.2, 0) is 64.0 Å². The number of methoxy groups -OCH3 is 1. The summed E-state index contributed by atoms with van der Waals surface area (Å²) in [5.41, 5.74) is 16.2.